The predicted octanol–water partition coefficient (Wildman–Crippen LogP) is 4.32. The van der Waals surface area contributed by atoms with Gasteiger partial charge in [-0.15, -0.1) is 0 Å². The van der Waals surface area contributed by atoms with E-state index < -0.39 is 0 Å². The molecule has 1 aliphatic rings. The van der Waals surface area contributed by atoms with E-state index in [4.69, 9.17) is 23.1 Å². The summed E-state index contributed by atoms with van der Waals surface area (Å²) in [5.74, 6) is 0.588. The number of H-pyrrole nitrogens is 1. The van der Waals surface area contributed by atoms with Crippen molar-refractivity contribution in [2.45, 2.75) is 44.7 Å². The maximum absolute atomic E-state index is 13.0. The molecule has 2 heterocycles. The second-order valence-corrected chi connectivity index (χ2v) is 9.38. The van der Waals surface area contributed by atoms with Crippen LogP contribution >= 0.6 is 11.6 Å². The highest BCUT2D eigenvalue weighted by molar-refractivity contribution is 6.31. The first-order valence-electron chi connectivity index (χ1n) is 11.6. The Morgan fingerprint density at radius 2 is 1.94 bits per heavy atom. The Balaban J connectivity index is 1.47. The number of nitrogens with zero attached hydrogens (tertiary/aromatic N) is 3. The summed E-state index contributed by atoms with van der Waals surface area (Å²) >= 11 is 6.08. The highest BCUT2D eigenvalue weighted by Crippen LogP contribution is 2.29. The number of benzene rings is 2. The molecular weight excluding hydrogens is 464 g/mol. The second-order valence-electron chi connectivity index (χ2n) is 8.94. The van der Waals surface area contributed by atoms with Crippen LogP contribution in [0.3, 0.4) is 0 Å². The first kappa shape index (κ1) is 22.9. The fourth-order valence-electron chi connectivity index (χ4n) is 4.60. The Morgan fingerprint density at radius 1 is 1.11 bits per heavy atom. The molecule has 1 saturated carbocycles. The number of halogens is 1. The minimum atomic E-state index is -0.342. The lowest BCUT2D eigenvalue weighted by Crippen LogP contribution is -2.38. The smallest absolute Gasteiger partial charge is 0.274 e. The van der Waals surface area contributed by atoms with Crippen LogP contribution in [0.5, 0.6) is 0 Å². The number of guanidine groups is 1. The molecule has 0 bridgehead atoms. The second kappa shape index (κ2) is 9.42. The fraction of sp³-hybridized carbons (Fsp3) is 0.280. The summed E-state index contributed by atoms with van der Waals surface area (Å²) in [6.45, 7) is 2.02. The number of rotatable bonds is 5. The van der Waals surface area contributed by atoms with Gasteiger partial charge >= 0.3 is 0 Å². The summed E-state index contributed by atoms with van der Waals surface area (Å²) in [4.78, 5) is 29.8. The van der Waals surface area contributed by atoms with Crippen molar-refractivity contribution in [3.8, 4) is 0 Å². The van der Waals surface area contributed by atoms with Crippen molar-refractivity contribution in [3.05, 3.63) is 58.7 Å². The van der Waals surface area contributed by atoms with Gasteiger partial charge in [0.05, 0.1) is 17.6 Å². The third-order valence-corrected chi connectivity index (χ3v) is 6.51. The van der Waals surface area contributed by atoms with Crippen molar-refractivity contribution < 1.29 is 4.79 Å². The zero-order chi connectivity index (χ0) is 24.5. The van der Waals surface area contributed by atoms with Crippen LogP contribution in [-0.4, -0.2) is 38.9 Å². The third-order valence-electron chi connectivity index (χ3n) is 6.27. The lowest BCUT2D eigenvalue weighted by atomic mass is 9.90. The molecule has 0 saturated heterocycles. The first-order valence-corrected chi connectivity index (χ1v) is 12.0. The number of carbonyl (C=O) groups excluding carboxylic acids is 1. The molecule has 0 spiro atoms. The third kappa shape index (κ3) is 5.00. The molecular formula is C25H27ClN8O. The number of hydrogen-bond acceptors (Lipinski definition) is 5. The SMILES string of the molecule is Cc1ccc2nc(NC(=O)c3cc4cc(Cl)ccc4[nH]3)nc(NC3CCCCC3N=C(N)N)c2c1. The molecule has 10 heteroatoms. The molecule has 0 radical (unpaired) electrons. The van der Waals surface area contributed by atoms with Crippen LogP contribution in [0.1, 0.15) is 41.7 Å². The van der Waals surface area contributed by atoms with E-state index in [0.717, 1.165) is 53.1 Å². The maximum Gasteiger partial charge on any atom is 0.274 e. The average molecular weight is 491 g/mol. The van der Waals surface area contributed by atoms with E-state index in [1.807, 2.05) is 31.2 Å². The van der Waals surface area contributed by atoms with Gasteiger partial charge in [0.15, 0.2) is 5.96 Å². The van der Waals surface area contributed by atoms with E-state index in [1.165, 1.54) is 0 Å². The zero-order valence-electron chi connectivity index (χ0n) is 19.3. The van der Waals surface area contributed by atoms with Crippen molar-refractivity contribution in [3.63, 3.8) is 0 Å². The van der Waals surface area contributed by atoms with Gasteiger partial charge in [-0.25, -0.2) is 9.98 Å². The number of aryl methyl sites for hydroxylation is 1. The average Bonchev–Trinajstić information content (AvgIpc) is 3.24. The summed E-state index contributed by atoms with van der Waals surface area (Å²) in [6.07, 6.45) is 3.95. The molecule has 2 aromatic heterocycles. The number of nitrogens with one attached hydrogen (secondary N) is 3. The predicted molar refractivity (Wildman–Crippen MR) is 141 cm³/mol. The maximum atomic E-state index is 13.0. The van der Waals surface area contributed by atoms with Crippen LogP contribution < -0.4 is 22.1 Å². The zero-order valence-corrected chi connectivity index (χ0v) is 20.1. The standard InChI is InChI=1S/C25H27ClN8O/c1-13-6-8-18-16(10-13)22(30-19-4-2-3-5-20(19)31-24(27)28)33-25(32-18)34-23(35)21-12-14-11-15(26)7-9-17(14)29-21/h6-12,19-20,29H,2-5H2,1H3,(H4,27,28,31)(H2,30,32,33,34,35). The summed E-state index contributed by atoms with van der Waals surface area (Å²) in [7, 11) is 0. The summed E-state index contributed by atoms with van der Waals surface area (Å²) in [5.41, 5.74) is 14.4. The normalized spacial score (nSPS) is 17.9. The van der Waals surface area contributed by atoms with Gasteiger partial charge in [-0.3, -0.25) is 10.1 Å². The van der Waals surface area contributed by atoms with Crippen LogP contribution in [0.25, 0.3) is 21.8 Å². The molecule has 1 fully saturated rings. The fourth-order valence-corrected chi connectivity index (χ4v) is 4.78. The quantitative estimate of drug-likeness (QED) is 0.208. The van der Waals surface area contributed by atoms with Crippen LogP contribution in [0.2, 0.25) is 5.02 Å². The molecule has 2 unspecified atom stereocenters. The van der Waals surface area contributed by atoms with E-state index >= 15 is 0 Å². The summed E-state index contributed by atoms with van der Waals surface area (Å²) < 4.78 is 0. The van der Waals surface area contributed by atoms with Crippen molar-refractivity contribution in [1.29, 1.82) is 0 Å². The number of aliphatic imine (C=N–C) groups is 1. The van der Waals surface area contributed by atoms with E-state index in [0.29, 0.717) is 16.5 Å². The Morgan fingerprint density at radius 3 is 2.77 bits per heavy atom. The van der Waals surface area contributed by atoms with Crippen molar-refractivity contribution in [2.24, 2.45) is 16.5 Å². The minimum Gasteiger partial charge on any atom is -0.370 e. The number of carbonyl (C=O) groups is 1. The van der Waals surface area contributed by atoms with Gasteiger partial charge in [-0.1, -0.05) is 36.1 Å². The Bertz CT molecular complexity index is 1440. The molecule has 4 aromatic rings. The Kier molecular flexibility index (Phi) is 6.17. The highest BCUT2D eigenvalue weighted by Gasteiger charge is 2.26. The molecule has 5 rings (SSSR count). The van der Waals surface area contributed by atoms with Gasteiger partial charge < -0.3 is 21.8 Å². The van der Waals surface area contributed by atoms with Gasteiger partial charge in [-0.2, -0.15) is 4.98 Å². The molecule has 180 valence electrons. The Labute approximate surface area is 207 Å². The largest absolute Gasteiger partial charge is 0.370 e. The molecule has 7 N–H and O–H groups in total. The van der Waals surface area contributed by atoms with E-state index in [9.17, 15) is 4.79 Å². The molecule has 2 atom stereocenters. The van der Waals surface area contributed by atoms with Gasteiger partial charge in [0.1, 0.15) is 11.5 Å². The van der Waals surface area contributed by atoms with Crippen molar-refractivity contribution in [2.75, 3.05) is 10.6 Å². The van der Waals surface area contributed by atoms with Gasteiger partial charge in [0.2, 0.25) is 5.95 Å². The topological polar surface area (TPSA) is 147 Å². The summed E-state index contributed by atoms with van der Waals surface area (Å²) in [5, 5.41) is 8.70. The number of aromatic amines is 1. The van der Waals surface area contributed by atoms with E-state index in [-0.39, 0.29) is 29.9 Å². The molecule has 0 aliphatic heterocycles. The first-order chi connectivity index (χ1) is 16.9. The Hall–Kier alpha value is -3.85. The van der Waals surface area contributed by atoms with Crippen LogP contribution in [0.15, 0.2) is 47.5 Å². The molecule has 1 aliphatic carbocycles. The summed E-state index contributed by atoms with van der Waals surface area (Å²) in [6, 6.07) is 13.1. The van der Waals surface area contributed by atoms with E-state index in [1.54, 1.807) is 18.2 Å². The van der Waals surface area contributed by atoms with Crippen LogP contribution in [-0.2, 0) is 0 Å². The lowest BCUT2D eigenvalue weighted by molar-refractivity contribution is 0.102. The van der Waals surface area contributed by atoms with Crippen molar-refractivity contribution >= 4 is 57.0 Å². The van der Waals surface area contributed by atoms with Gasteiger partial charge in [0, 0.05) is 21.3 Å². The number of fused-ring (bicyclic) bond motifs is 2. The molecule has 1 amide bonds. The highest BCUT2D eigenvalue weighted by atomic mass is 35.5. The van der Waals surface area contributed by atoms with Crippen molar-refractivity contribution in [1.82, 2.24) is 15.0 Å². The monoisotopic (exact) mass is 490 g/mol. The lowest BCUT2D eigenvalue weighted by Gasteiger charge is -2.30. The minimum absolute atomic E-state index is 0.0199. The van der Waals surface area contributed by atoms with Crippen LogP contribution in [0, 0.1) is 6.92 Å². The number of aromatic nitrogens is 3. The number of nitrogens with two attached hydrogens (primary N) is 2. The number of hydrogen-bond donors (Lipinski definition) is 5. The van der Waals surface area contributed by atoms with Gasteiger partial charge in [-0.05, 0) is 56.2 Å². The number of anilines is 2. The number of amides is 1. The molecule has 35 heavy (non-hydrogen) atoms. The van der Waals surface area contributed by atoms with E-state index in [2.05, 4.69) is 30.6 Å². The van der Waals surface area contributed by atoms with Crippen LogP contribution in [0.4, 0.5) is 11.8 Å². The molecule has 9 nitrogen and oxygen atoms in total. The van der Waals surface area contributed by atoms with Gasteiger partial charge in [0.25, 0.3) is 5.91 Å². The molecule has 2 aromatic carbocycles.